The number of ether oxygens (including phenoxy) is 2. The molecule has 3 aromatic rings. The standard InChI is InChI=1S/C29H32ClN3O4/c1-21-5-3-4-6-26(21)31-29(35)33-17-15-32(16-18-33)19-27(23-11-13-25(30)14-12-23)37-20-22-7-9-24(10-8-22)28(34)36-2/h3-14,27H,15-20H2,1-2H3,(H,31,35)/t27-/m1/s1. The van der Waals surface area contributed by atoms with E-state index < -0.39 is 0 Å². The zero-order valence-electron chi connectivity index (χ0n) is 21.2. The van der Waals surface area contributed by atoms with Crippen LogP contribution in [0, 0.1) is 6.92 Å². The van der Waals surface area contributed by atoms with E-state index >= 15 is 0 Å². The maximum Gasteiger partial charge on any atom is 0.337 e. The van der Waals surface area contributed by atoms with Crippen molar-refractivity contribution in [3.8, 4) is 0 Å². The number of nitrogens with zero attached hydrogens (tertiary/aromatic N) is 2. The molecule has 0 aliphatic carbocycles. The first-order valence-electron chi connectivity index (χ1n) is 12.3. The number of nitrogens with one attached hydrogen (secondary N) is 1. The first kappa shape index (κ1) is 26.7. The third kappa shape index (κ3) is 7.32. The van der Waals surface area contributed by atoms with Crippen molar-refractivity contribution < 1.29 is 19.1 Å². The number of hydrogen-bond acceptors (Lipinski definition) is 5. The lowest BCUT2D eigenvalue weighted by Crippen LogP contribution is -2.50. The third-order valence-corrected chi connectivity index (χ3v) is 6.79. The molecule has 0 saturated carbocycles. The first-order valence-corrected chi connectivity index (χ1v) is 12.7. The summed E-state index contributed by atoms with van der Waals surface area (Å²) in [6, 6.07) is 22.6. The van der Waals surface area contributed by atoms with E-state index in [0.717, 1.165) is 35.5 Å². The first-order chi connectivity index (χ1) is 17.9. The molecule has 4 rings (SSSR count). The summed E-state index contributed by atoms with van der Waals surface area (Å²) in [7, 11) is 1.37. The summed E-state index contributed by atoms with van der Waals surface area (Å²) in [4.78, 5) is 28.6. The topological polar surface area (TPSA) is 71.1 Å². The average molecular weight is 522 g/mol. The van der Waals surface area contributed by atoms with Gasteiger partial charge in [-0.2, -0.15) is 0 Å². The molecule has 1 N–H and O–H groups in total. The summed E-state index contributed by atoms with van der Waals surface area (Å²) in [6.45, 7) is 5.85. The van der Waals surface area contributed by atoms with Gasteiger partial charge in [-0.15, -0.1) is 0 Å². The normalized spacial score (nSPS) is 14.7. The zero-order chi connectivity index (χ0) is 26.2. The van der Waals surface area contributed by atoms with Gasteiger partial charge in [0.2, 0.25) is 0 Å². The molecule has 7 nitrogen and oxygen atoms in total. The minimum atomic E-state index is -0.363. The number of halogens is 1. The van der Waals surface area contributed by atoms with E-state index in [4.69, 9.17) is 21.1 Å². The van der Waals surface area contributed by atoms with Gasteiger partial charge in [-0.3, -0.25) is 4.90 Å². The zero-order valence-corrected chi connectivity index (χ0v) is 21.9. The second kappa shape index (κ2) is 12.7. The third-order valence-electron chi connectivity index (χ3n) is 6.54. The summed E-state index contributed by atoms with van der Waals surface area (Å²) >= 11 is 6.11. The molecule has 1 heterocycles. The van der Waals surface area contributed by atoms with E-state index in [1.807, 2.05) is 72.5 Å². The van der Waals surface area contributed by atoms with Crippen molar-refractivity contribution in [2.75, 3.05) is 45.2 Å². The molecule has 0 bridgehead atoms. The highest BCUT2D eigenvalue weighted by Crippen LogP contribution is 2.24. The van der Waals surface area contributed by atoms with Gasteiger partial charge in [0.05, 0.1) is 25.4 Å². The Hall–Kier alpha value is -3.39. The fraction of sp³-hybridized carbons (Fsp3) is 0.310. The van der Waals surface area contributed by atoms with Gasteiger partial charge < -0.3 is 19.7 Å². The number of rotatable bonds is 8. The molecule has 1 aliphatic rings. The number of carbonyl (C=O) groups excluding carboxylic acids is 2. The maximum absolute atomic E-state index is 12.8. The van der Waals surface area contributed by atoms with Crippen LogP contribution in [0.5, 0.6) is 0 Å². The fourth-order valence-electron chi connectivity index (χ4n) is 4.26. The van der Waals surface area contributed by atoms with Crippen LogP contribution in [0.2, 0.25) is 5.02 Å². The van der Waals surface area contributed by atoms with Gasteiger partial charge in [-0.25, -0.2) is 9.59 Å². The van der Waals surface area contributed by atoms with Gasteiger partial charge >= 0.3 is 12.0 Å². The number of para-hydroxylation sites is 1. The second-order valence-electron chi connectivity index (χ2n) is 9.07. The number of anilines is 1. The predicted molar refractivity (Wildman–Crippen MR) is 145 cm³/mol. The Morgan fingerprint density at radius 1 is 0.946 bits per heavy atom. The highest BCUT2D eigenvalue weighted by molar-refractivity contribution is 6.30. The molecule has 1 atom stereocenters. The summed E-state index contributed by atoms with van der Waals surface area (Å²) < 4.78 is 11.1. The average Bonchev–Trinajstić information content (AvgIpc) is 2.93. The van der Waals surface area contributed by atoms with Gasteiger partial charge in [0, 0.05) is 43.4 Å². The molecule has 3 aromatic carbocycles. The lowest BCUT2D eigenvalue weighted by atomic mass is 10.1. The molecule has 1 aliphatic heterocycles. The predicted octanol–water partition coefficient (Wildman–Crippen LogP) is 5.54. The van der Waals surface area contributed by atoms with Crippen molar-refractivity contribution >= 4 is 29.3 Å². The van der Waals surface area contributed by atoms with Crippen molar-refractivity contribution in [3.63, 3.8) is 0 Å². The molecule has 194 valence electrons. The van der Waals surface area contributed by atoms with Crippen LogP contribution in [0.15, 0.2) is 72.8 Å². The molecule has 0 spiro atoms. The largest absolute Gasteiger partial charge is 0.465 e. The Bertz CT molecular complexity index is 1190. The summed E-state index contributed by atoms with van der Waals surface area (Å²) in [5.41, 5.74) is 4.38. The highest BCUT2D eigenvalue weighted by atomic mass is 35.5. The van der Waals surface area contributed by atoms with E-state index in [1.54, 1.807) is 12.1 Å². The number of amides is 2. The molecule has 1 fully saturated rings. The minimum Gasteiger partial charge on any atom is -0.465 e. The number of hydrogen-bond donors (Lipinski definition) is 1. The number of methoxy groups -OCH3 is 1. The molecular formula is C29H32ClN3O4. The fourth-order valence-corrected chi connectivity index (χ4v) is 4.38. The second-order valence-corrected chi connectivity index (χ2v) is 9.51. The highest BCUT2D eigenvalue weighted by Gasteiger charge is 2.24. The van der Waals surface area contributed by atoms with E-state index in [1.165, 1.54) is 7.11 Å². The molecule has 0 radical (unpaired) electrons. The lowest BCUT2D eigenvalue weighted by molar-refractivity contribution is 0.00592. The smallest absolute Gasteiger partial charge is 0.337 e. The van der Waals surface area contributed by atoms with Gasteiger partial charge in [0.1, 0.15) is 0 Å². The molecule has 1 saturated heterocycles. The summed E-state index contributed by atoms with van der Waals surface area (Å²) in [5, 5.41) is 3.70. The molecule has 2 amide bonds. The quantitative estimate of drug-likeness (QED) is 0.394. The lowest BCUT2D eigenvalue weighted by Gasteiger charge is -2.36. The SMILES string of the molecule is COC(=O)c1ccc(CO[C@H](CN2CCN(C(=O)Nc3ccccc3C)CC2)c2ccc(Cl)cc2)cc1. The summed E-state index contributed by atoms with van der Waals surface area (Å²) in [5.74, 6) is -0.363. The Morgan fingerprint density at radius 3 is 2.27 bits per heavy atom. The van der Waals surface area contributed by atoms with Crippen LogP contribution >= 0.6 is 11.6 Å². The van der Waals surface area contributed by atoms with E-state index in [2.05, 4.69) is 10.2 Å². The van der Waals surface area contributed by atoms with Gasteiger partial charge in [0.15, 0.2) is 0 Å². The number of aryl methyl sites for hydroxylation is 1. The molecular weight excluding hydrogens is 490 g/mol. The van der Waals surface area contributed by atoms with Gasteiger partial charge in [-0.1, -0.05) is 54.1 Å². The monoisotopic (exact) mass is 521 g/mol. The molecule has 37 heavy (non-hydrogen) atoms. The van der Waals surface area contributed by atoms with Crippen LogP contribution in [-0.2, 0) is 16.1 Å². The van der Waals surface area contributed by atoms with Crippen LogP contribution in [-0.4, -0.2) is 61.6 Å². The molecule has 0 unspecified atom stereocenters. The van der Waals surface area contributed by atoms with Crippen molar-refractivity contribution in [2.45, 2.75) is 19.6 Å². The Morgan fingerprint density at radius 2 is 1.62 bits per heavy atom. The van der Waals surface area contributed by atoms with E-state index in [-0.39, 0.29) is 18.1 Å². The molecule has 8 heteroatoms. The van der Waals surface area contributed by atoms with Crippen LogP contribution in [0.3, 0.4) is 0 Å². The van der Waals surface area contributed by atoms with Crippen molar-refractivity contribution in [2.24, 2.45) is 0 Å². The number of urea groups is 1. The van der Waals surface area contributed by atoms with Crippen molar-refractivity contribution in [1.82, 2.24) is 9.80 Å². The number of esters is 1. The van der Waals surface area contributed by atoms with Gasteiger partial charge in [0.25, 0.3) is 0 Å². The minimum absolute atomic E-state index is 0.0742. The van der Waals surface area contributed by atoms with Crippen LogP contribution in [0.1, 0.15) is 33.2 Å². The van der Waals surface area contributed by atoms with Crippen LogP contribution in [0.25, 0.3) is 0 Å². The van der Waals surface area contributed by atoms with Crippen LogP contribution in [0.4, 0.5) is 10.5 Å². The van der Waals surface area contributed by atoms with E-state index in [0.29, 0.717) is 36.8 Å². The number of carbonyl (C=O) groups is 2. The van der Waals surface area contributed by atoms with E-state index in [9.17, 15) is 9.59 Å². The number of piperazine rings is 1. The van der Waals surface area contributed by atoms with Crippen molar-refractivity contribution in [1.29, 1.82) is 0 Å². The van der Waals surface area contributed by atoms with Crippen LogP contribution < -0.4 is 5.32 Å². The maximum atomic E-state index is 12.8. The summed E-state index contributed by atoms with van der Waals surface area (Å²) in [6.07, 6.45) is -0.176. The Kier molecular flexibility index (Phi) is 9.17. The Labute approximate surface area is 222 Å². The van der Waals surface area contributed by atoms with Crippen molar-refractivity contribution in [3.05, 3.63) is 100 Å². The molecule has 0 aromatic heterocycles. The van der Waals surface area contributed by atoms with Gasteiger partial charge in [-0.05, 0) is 53.9 Å². The Balaban J connectivity index is 1.35. The number of benzene rings is 3.